The third-order valence-corrected chi connectivity index (χ3v) is 4.34. The molecule has 6 nitrogen and oxygen atoms in total. The number of carboxylic acid groups (broad SMARTS) is 1. The largest absolute Gasteiger partial charge is 0.478 e. The second-order valence-electron chi connectivity index (χ2n) is 5.56. The minimum atomic E-state index is -0.966. The second-order valence-corrected chi connectivity index (χ2v) is 5.56. The van der Waals surface area contributed by atoms with E-state index in [0.29, 0.717) is 16.7 Å². The smallest absolute Gasteiger partial charge is 0.339 e. The molecule has 2 heterocycles. The fourth-order valence-electron chi connectivity index (χ4n) is 2.56. The van der Waals surface area contributed by atoms with Crippen LogP contribution in [0.2, 0.25) is 0 Å². The molecule has 0 radical (unpaired) electrons. The summed E-state index contributed by atoms with van der Waals surface area (Å²) in [6.07, 6.45) is 6.60. The molecule has 0 amide bonds. The molecule has 0 aromatic carbocycles. The van der Waals surface area contributed by atoms with E-state index < -0.39 is 5.97 Å². The minimum Gasteiger partial charge on any atom is -0.478 e. The van der Waals surface area contributed by atoms with Crippen LogP contribution in [0.3, 0.4) is 0 Å². The van der Waals surface area contributed by atoms with Crippen LogP contribution in [0, 0.1) is 5.41 Å². The Bertz CT molecular complexity index is 673. The summed E-state index contributed by atoms with van der Waals surface area (Å²) in [5, 5.41) is 17.6. The molecule has 6 heteroatoms. The highest BCUT2D eigenvalue weighted by Gasteiger charge is 2.40. The fraction of sp³-hybridized carbons (Fsp3) is 0.500. The Labute approximate surface area is 116 Å². The van der Waals surface area contributed by atoms with E-state index in [-0.39, 0.29) is 5.56 Å². The highest BCUT2D eigenvalue weighted by molar-refractivity contribution is 6.03. The van der Waals surface area contributed by atoms with Crippen molar-refractivity contribution >= 4 is 22.7 Å². The van der Waals surface area contributed by atoms with Gasteiger partial charge in [-0.25, -0.2) is 9.78 Å². The van der Waals surface area contributed by atoms with Crippen molar-refractivity contribution < 1.29 is 9.90 Å². The number of anilines is 1. The molecule has 3 rings (SSSR count). The topological polar surface area (TPSA) is 80.0 Å². The molecule has 2 N–H and O–H groups in total. The number of aromatic nitrogens is 3. The first-order valence-electron chi connectivity index (χ1n) is 6.84. The Hall–Kier alpha value is -2.11. The summed E-state index contributed by atoms with van der Waals surface area (Å²) in [6.45, 7) is 2.98. The van der Waals surface area contributed by atoms with Gasteiger partial charge in [-0.05, 0) is 24.7 Å². The Morgan fingerprint density at radius 3 is 2.85 bits per heavy atom. The summed E-state index contributed by atoms with van der Waals surface area (Å²) in [5.41, 5.74) is 1.87. The molecule has 2 aromatic heterocycles. The molecule has 1 aliphatic carbocycles. The lowest BCUT2D eigenvalue weighted by Crippen LogP contribution is -2.17. The van der Waals surface area contributed by atoms with Gasteiger partial charge in [0.25, 0.3) is 0 Å². The highest BCUT2D eigenvalue weighted by Crippen LogP contribution is 2.48. The maximum absolute atomic E-state index is 11.4. The number of aromatic carboxylic acids is 1. The molecule has 0 aliphatic heterocycles. The Morgan fingerprint density at radius 1 is 1.50 bits per heavy atom. The average molecular weight is 274 g/mol. The summed E-state index contributed by atoms with van der Waals surface area (Å²) in [5.74, 6) is -0.966. The van der Waals surface area contributed by atoms with Crippen molar-refractivity contribution in [3.63, 3.8) is 0 Å². The predicted octanol–water partition coefficient (Wildman–Crippen LogP) is 2.27. The number of aryl methyl sites for hydroxylation is 1. The standard InChI is InChI=1S/C14H18N4O2/c1-3-14(4-5-14)8-16-11-9-7-17-18(2)12(9)15-6-10(11)13(19)20/h6-7H,3-5,8H2,1-2H3,(H,15,16)(H,19,20). The lowest BCUT2D eigenvalue weighted by molar-refractivity contribution is 0.0697. The van der Waals surface area contributed by atoms with Gasteiger partial charge in [0.1, 0.15) is 5.56 Å². The van der Waals surface area contributed by atoms with Crippen LogP contribution in [0.25, 0.3) is 11.0 Å². The Morgan fingerprint density at radius 2 is 2.25 bits per heavy atom. The molecular weight excluding hydrogens is 256 g/mol. The van der Waals surface area contributed by atoms with E-state index in [2.05, 4.69) is 22.3 Å². The summed E-state index contributed by atoms with van der Waals surface area (Å²) >= 11 is 0. The number of hydrogen-bond acceptors (Lipinski definition) is 4. The zero-order valence-electron chi connectivity index (χ0n) is 11.7. The Balaban J connectivity index is 2.01. The lowest BCUT2D eigenvalue weighted by atomic mass is 10.0. The molecular formula is C14H18N4O2. The van der Waals surface area contributed by atoms with E-state index in [0.717, 1.165) is 18.4 Å². The lowest BCUT2D eigenvalue weighted by Gasteiger charge is -2.16. The van der Waals surface area contributed by atoms with E-state index in [1.807, 2.05) is 0 Å². The maximum Gasteiger partial charge on any atom is 0.339 e. The monoisotopic (exact) mass is 274 g/mol. The van der Waals surface area contributed by atoms with E-state index >= 15 is 0 Å². The zero-order chi connectivity index (χ0) is 14.3. The van der Waals surface area contributed by atoms with Crippen LogP contribution in [0.5, 0.6) is 0 Å². The molecule has 0 unspecified atom stereocenters. The number of rotatable bonds is 5. The third-order valence-electron chi connectivity index (χ3n) is 4.34. The van der Waals surface area contributed by atoms with Crippen molar-refractivity contribution in [3.8, 4) is 0 Å². The second kappa shape index (κ2) is 4.47. The number of carboxylic acids is 1. The number of pyridine rings is 1. The van der Waals surface area contributed by atoms with Crippen LogP contribution in [-0.2, 0) is 7.05 Å². The maximum atomic E-state index is 11.4. The number of hydrogen-bond donors (Lipinski definition) is 2. The van der Waals surface area contributed by atoms with Crippen LogP contribution in [-0.4, -0.2) is 32.4 Å². The molecule has 0 saturated heterocycles. The third kappa shape index (κ3) is 2.01. The van der Waals surface area contributed by atoms with Crippen LogP contribution < -0.4 is 5.32 Å². The van der Waals surface area contributed by atoms with E-state index in [4.69, 9.17) is 0 Å². The molecule has 2 aromatic rings. The van der Waals surface area contributed by atoms with Crippen molar-refractivity contribution in [2.75, 3.05) is 11.9 Å². The molecule has 1 fully saturated rings. The van der Waals surface area contributed by atoms with Gasteiger partial charge in [0.15, 0.2) is 5.65 Å². The molecule has 1 aliphatic rings. The van der Waals surface area contributed by atoms with Gasteiger partial charge < -0.3 is 10.4 Å². The molecule has 0 spiro atoms. The molecule has 0 atom stereocenters. The SMILES string of the molecule is CCC1(CNc2c(C(=O)O)cnc3c2cnn3C)CC1. The van der Waals surface area contributed by atoms with Gasteiger partial charge in [0.05, 0.1) is 17.3 Å². The quantitative estimate of drug-likeness (QED) is 0.874. The summed E-state index contributed by atoms with van der Waals surface area (Å²) in [6, 6.07) is 0. The van der Waals surface area contributed by atoms with Gasteiger partial charge >= 0.3 is 5.97 Å². The van der Waals surface area contributed by atoms with Gasteiger partial charge in [-0.3, -0.25) is 4.68 Å². The summed E-state index contributed by atoms with van der Waals surface area (Å²) < 4.78 is 1.65. The van der Waals surface area contributed by atoms with Gasteiger partial charge in [0.2, 0.25) is 0 Å². The van der Waals surface area contributed by atoms with Crippen LogP contribution in [0.1, 0.15) is 36.5 Å². The average Bonchev–Trinajstić information content (AvgIpc) is 3.13. The van der Waals surface area contributed by atoms with Crippen molar-refractivity contribution in [1.29, 1.82) is 0 Å². The number of carbonyl (C=O) groups is 1. The summed E-state index contributed by atoms with van der Waals surface area (Å²) in [7, 11) is 1.80. The first-order valence-corrected chi connectivity index (χ1v) is 6.84. The van der Waals surface area contributed by atoms with Gasteiger partial charge in [-0.2, -0.15) is 5.10 Å². The van der Waals surface area contributed by atoms with E-state index in [1.165, 1.54) is 19.0 Å². The molecule has 20 heavy (non-hydrogen) atoms. The van der Waals surface area contributed by atoms with Crippen LogP contribution >= 0.6 is 0 Å². The van der Waals surface area contributed by atoms with Gasteiger partial charge in [0, 0.05) is 19.8 Å². The minimum absolute atomic E-state index is 0.206. The molecule has 0 bridgehead atoms. The number of nitrogens with zero attached hydrogens (tertiary/aromatic N) is 3. The Kier molecular flexibility index (Phi) is 2.88. The van der Waals surface area contributed by atoms with E-state index in [1.54, 1.807) is 17.9 Å². The summed E-state index contributed by atoms with van der Waals surface area (Å²) in [4.78, 5) is 15.6. The van der Waals surface area contributed by atoms with Crippen LogP contribution in [0.4, 0.5) is 5.69 Å². The molecule has 1 saturated carbocycles. The normalized spacial score (nSPS) is 16.3. The van der Waals surface area contributed by atoms with Crippen molar-refractivity contribution in [2.24, 2.45) is 12.5 Å². The van der Waals surface area contributed by atoms with Crippen molar-refractivity contribution in [1.82, 2.24) is 14.8 Å². The van der Waals surface area contributed by atoms with Gasteiger partial charge in [-0.15, -0.1) is 0 Å². The fourth-order valence-corrected chi connectivity index (χ4v) is 2.56. The van der Waals surface area contributed by atoms with Gasteiger partial charge in [-0.1, -0.05) is 6.92 Å². The number of nitrogens with one attached hydrogen (secondary N) is 1. The van der Waals surface area contributed by atoms with E-state index in [9.17, 15) is 9.90 Å². The predicted molar refractivity (Wildman–Crippen MR) is 75.9 cm³/mol. The number of fused-ring (bicyclic) bond motifs is 1. The van der Waals surface area contributed by atoms with Crippen molar-refractivity contribution in [2.45, 2.75) is 26.2 Å². The highest BCUT2D eigenvalue weighted by atomic mass is 16.4. The van der Waals surface area contributed by atoms with Crippen LogP contribution in [0.15, 0.2) is 12.4 Å². The zero-order valence-corrected chi connectivity index (χ0v) is 11.7. The molecule has 106 valence electrons. The van der Waals surface area contributed by atoms with Crippen molar-refractivity contribution in [3.05, 3.63) is 18.0 Å². The first kappa shape index (κ1) is 12.9. The first-order chi connectivity index (χ1) is 9.56.